The van der Waals surface area contributed by atoms with Crippen LogP contribution in [0.3, 0.4) is 0 Å². The van der Waals surface area contributed by atoms with E-state index in [0.29, 0.717) is 17.3 Å². The number of nitrogens with two attached hydrogens (primary N) is 1. The first-order valence-corrected chi connectivity index (χ1v) is 8.93. The highest BCUT2D eigenvalue weighted by molar-refractivity contribution is 5.89. The van der Waals surface area contributed by atoms with Gasteiger partial charge in [0.15, 0.2) is 11.5 Å². The largest absolute Gasteiger partial charge is 0.356 e. The summed E-state index contributed by atoms with van der Waals surface area (Å²) in [5.41, 5.74) is 7.43. The number of aromatic amines is 1. The number of fused-ring (bicyclic) bond motifs is 1. The monoisotopic (exact) mass is 354 g/mol. The van der Waals surface area contributed by atoms with E-state index in [1.54, 1.807) is 12.3 Å². The molecule has 1 saturated heterocycles. The molecule has 7 heteroatoms. The summed E-state index contributed by atoms with van der Waals surface area (Å²) in [5.74, 6) is 0.746. The average molecular weight is 354 g/mol. The lowest BCUT2D eigenvalue weighted by atomic mass is 9.82. The highest BCUT2D eigenvalue weighted by Crippen LogP contribution is 2.31. The van der Waals surface area contributed by atoms with E-state index in [4.69, 9.17) is 5.73 Å². The third-order valence-electron chi connectivity index (χ3n) is 5.19. The SMILES string of the molecule is CC(C)(N)C1CCCN(c2ccc(F)c(-c3n[nH]c4ncccc34)n2)C1. The molecule has 3 N–H and O–H groups in total. The molecule has 1 fully saturated rings. The molecule has 26 heavy (non-hydrogen) atoms. The molecule has 136 valence electrons. The molecule has 0 aliphatic carbocycles. The van der Waals surface area contributed by atoms with Crippen molar-refractivity contribution in [3.8, 4) is 11.4 Å². The van der Waals surface area contributed by atoms with Crippen LogP contribution < -0.4 is 10.6 Å². The van der Waals surface area contributed by atoms with Crippen molar-refractivity contribution in [2.24, 2.45) is 11.7 Å². The Labute approximate surface area is 151 Å². The van der Waals surface area contributed by atoms with Crippen molar-refractivity contribution in [3.05, 3.63) is 36.3 Å². The summed E-state index contributed by atoms with van der Waals surface area (Å²) < 4.78 is 14.5. The number of anilines is 1. The fourth-order valence-electron chi connectivity index (χ4n) is 3.60. The number of halogens is 1. The maximum Gasteiger partial charge on any atom is 0.155 e. The Hall–Kier alpha value is -2.54. The number of piperidine rings is 1. The molecule has 0 bridgehead atoms. The lowest BCUT2D eigenvalue weighted by molar-refractivity contribution is 0.274. The van der Waals surface area contributed by atoms with Crippen LogP contribution in [0.1, 0.15) is 26.7 Å². The summed E-state index contributed by atoms with van der Waals surface area (Å²) in [7, 11) is 0. The van der Waals surface area contributed by atoms with Crippen LogP contribution in [0.4, 0.5) is 10.2 Å². The first-order valence-electron chi connectivity index (χ1n) is 8.93. The van der Waals surface area contributed by atoms with Crippen molar-refractivity contribution in [1.29, 1.82) is 0 Å². The van der Waals surface area contributed by atoms with E-state index in [9.17, 15) is 4.39 Å². The predicted octanol–water partition coefficient (Wildman–Crippen LogP) is 3.11. The standard InChI is InChI=1S/C19H23FN6/c1-19(2,21)12-5-4-10-26(11-12)15-8-7-14(20)17(23-15)16-13-6-3-9-22-18(13)25-24-16/h3,6-9,12H,4-5,10-11,21H2,1-2H3,(H,22,24,25). The van der Waals surface area contributed by atoms with Gasteiger partial charge in [0.05, 0.1) is 0 Å². The van der Waals surface area contributed by atoms with Crippen LogP contribution in [0.2, 0.25) is 0 Å². The minimum Gasteiger partial charge on any atom is -0.356 e. The van der Waals surface area contributed by atoms with Crippen molar-refractivity contribution in [2.75, 3.05) is 18.0 Å². The van der Waals surface area contributed by atoms with E-state index in [1.807, 2.05) is 12.1 Å². The maximum absolute atomic E-state index is 14.5. The fourth-order valence-corrected chi connectivity index (χ4v) is 3.60. The van der Waals surface area contributed by atoms with Crippen LogP contribution >= 0.6 is 0 Å². The molecule has 0 radical (unpaired) electrons. The van der Waals surface area contributed by atoms with Gasteiger partial charge in [0.25, 0.3) is 0 Å². The average Bonchev–Trinajstić information content (AvgIpc) is 3.05. The second-order valence-corrected chi connectivity index (χ2v) is 7.58. The molecule has 3 aromatic heterocycles. The van der Waals surface area contributed by atoms with Crippen molar-refractivity contribution in [1.82, 2.24) is 20.2 Å². The second-order valence-electron chi connectivity index (χ2n) is 7.58. The van der Waals surface area contributed by atoms with Crippen molar-refractivity contribution in [3.63, 3.8) is 0 Å². The molecule has 0 saturated carbocycles. The third-order valence-corrected chi connectivity index (χ3v) is 5.19. The van der Waals surface area contributed by atoms with E-state index < -0.39 is 5.82 Å². The van der Waals surface area contributed by atoms with Gasteiger partial charge in [-0.15, -0.1) is 0 Å². The van der Waals surface area contributed by atoms with Gasteiger partial charge >= 0.3 is 0 Å². The quantitative estimate of drug-likeness (QED) is 0.755. The minimum atomic E-state index is -0.390. The Morgan fingerprint density at radius 3 is 2.92 bits per heavy atom. The predicted molar refractivity (Wildman–Crippen MR) is 100 cm³/mol. The van der Waals surface area contributed by atoms with Gasteiger partial charge in [0.1, 0.15) is 17.2 Å². The zero-order valence-corrected chi connectivity index (χ0v) is 15.0. The van der Waals surface area contributed by atoms with Crippen LogP contribution in [0, 0.1) is 11.7 Å². The van der Waals surface area contributed by atoms with Crippen LogP contribution in [-0.4, -0.2) is 38.8 Å². The topological polar surface area (TPSA) is 83.7 Å². The van der Waals surface area contributed by atoms with Gasteiger partial charge in [0.2, 0.25) is 0 Å². The second kappa shape index (κ2) is 6.32. The zero-order chi connectivity index (χ0) is 18.3. The number of H-pyrrole nitrogens is 1. The Morgan fingerprint density at radius 1 is 1.27 bits per heavy atom. The molecule has 1 aliphatic heterocycles. The normalized spacial score (nSPS) is 18.5. The Kier molecular flexibility index (Phi) is 4.11. The molecule has 4 rings (SSSR count). The molecule has 1 atom stereocenters. The van der Waals surface area contributed by atoms with Crippen molar-refractivity contribution in [2.45, 2.75) is 32.2 Å². The maximum atomic E-state index is 14.5. The van der Waals surface area contributed by atoms with Crippen LogP contribution in [0.5, 0.6) is 0 Å². The van der Waals surface area contributed by atoms with Gasteiger partial charge in [-0.3, -0.25) is 5.10 Å². The first kappa shape index (κ1) is 16.9. The van der Waals surface area contributed by atoms with E-state index in [2.05, 4.69) is 38.9 Å². The van der Waals surface area contributed by atoms with Gasteiger partial charge < -0.3 is 10.6 Å². The number of aromatic nitrogens is 4. The summed E-state index contributed by atoms with van der Waals surface area (Å²) in [5, 5.41) is 7.84. The smallest absolute Gasteiger partial charge is 0.155 e. The lowest BCUT2D eigenvalue weighted by Crippen LogP contribution is -2.49. The van der Waals surface area contributed by atoms with E-state index >= 15 is 0 Å². The highest BCUT2D eigenvalue weighted by atomic mass is 19.1. The Morgan fingerprint density at radius 2 is 2.12 bits per heavy atom. The molecule has 4 heterocycles. The summed E-state index contributed by atoms with van der Waals surface area (Å²) in [4.78, 5) is 11.0. The van der Waals surface area contributed by atoms with Crippen molar-refractivity contribution < 1.29 is 4.39 Å². The summed E-state index contributed by atoms with van der Waals surface area (Å²) in [6, 6.07) is 6.87. The first-order chi connectivity index (χ1) is 12.4. The molecule has 0 amide bonds. The molecule has 1 unspecified atom stereocenters. The summed E-state index contributed by atoms with van der Waals surface area (Å²) in [6.07, 6.45) is 3.83. The zero-order valence-electron chi connectivity index (χ0n) is 15.0. The summed E-state index contributed by atoms with van der Waals surface area (Å²) in [6.45, 7) is 5.85. The summed E-state index contributed by atoms with van der Waals surface area (Å²) >= 11 is 0. The van der Waals surface area contributed by atoms with Crippen LogP contribution in [0.15, 0.2) is 30.5 Å². The molecule has 6 nitrogen and oxygen atoms in total. The highest BCUT2D eigenvalue weighted by Gasteiger charge is 2.31. The number of nitrogens with one attached hydrogen (secondary N) is 1. The van der Waals surface area contributed by atoms with Crippen molar-refractivity contribution >= 4 is 16.9 Å². The number of pyridine rings is 2. The Balaban J connectivity index is 1.71. The van der Waals surface area contributed by atoms with E-state index in [-0.39, 0.29) is 11.2 Å². The lowest BCUT2D eigenvalue weighted by Gasteiger charge is -2.40. The van der Waals surface area contributed by atoms with Crippen LogP contribution in [0.25, 0.3) is 22.4 Å². The number of hydrogen-bond acceptors (Lipinski definition) is 5. The molecule has 0 spiro atoms. The number of rotatable bonds is 3. The van der Waals surface area contributed by atoms with Gasteiger partial charge in [-0.05, 0) is 56.9 Å². The third kappa shape index (κ3) is 3.03. The fraction of sp³-hybridized carbons (Fsp3) is 0.421. The number of nitrogens with zero attached hydrogens (tertiary/aromatic N) is 4. The van der Waals surface area contributed by atoms with Crippen LogP contribution in [-0.2, 0) is 0 Å². The molecule has 3 aromatic rings. The van der Waals surface area contributed by atoms with Gasteiger partial charge in [0, 0.05) is 30.2 Å². The minimum absolute atomic E-state index is 0.244. The van der Waals surface area contributed by atoms with Gasteiger partial charge in [-0.25, -0.2) is 14.4 Å². The van der Waals surface area contributed by atoms with E-state index in [1.165, 1.54) is 6.07 Å². The van der Waals surface area contributed by atoms with Gasteiger partial charge in [-0.1, -0.05) is 0 Å². The van der Waals surface area contributed by atoms with E-state index in [0.717, 1.165) is 37.1 Å². The molecular weight excluding hydrogens is 331 g/mol. The Bertz CT molecular complexity index is 929. The number of hydrogen-bond donors (Lipinski definition) is 2. The molecule has 1 aliphatic rings. The van der Waals surface area contributed by atoms with Gasteiger partial charge in [-0.2, -0.15) is 5.10 Å². The molecule has 0 aromatic carbocycles. The molecular formula is C19H23FN6.